The molecular weight excluding hydrogens is 266 g/mol. The maximum atomic E-state index is 6.16. The lowest BCUT2D eigenvalue weighted by molar-refractivity contribution is 0.594. The van der Waals surface area contributed by atoms with E-state index in [1.807, 2.05) is 12.1 Å². The second-order valence-corrected chi connectivity index (χ2v) is 5.68. The van der Waals surface area contributed by atoms with E-state index in [2.05, 4.69) is 56.4 Å². The molecule has 1 N–H and O–H groups in total. The molecule has 1 unspecified atom stereocenters. The van der Waals surface area contributed by atoms with Crippen molar-refractivity contribution in [3.8, 4) is 0 Å². The number of benzene rings is 2. The summed E-state index contributed by atoms with van der Waals surface area (Å²) in [4.78, 5) is 0. The summed E-state index contributed by atoms with van der Waals surface area (Å²) < 4.78 is 0. The molecule has 1 atom stereocenters. The minimum Gasteiger partial charge on any atom is -0.306 e. The molecule has 0 bridgehead atoms. The summed E-state index contributed by atoms with van der Waals surface area (Å²) in [6, 6.07) is 14.8. The minimum absolute atomic E-state index is 0.204. The first-order chi connectivity index (χ1) is 9.63. The molecule has 0 spiro atoms. The molecule has 0 aliphatic carbocycles. The van der Waals surface area contributed by atoms with Gasteiger partial charge in [-0.05, 0) is 61.2 Å². The molecule has 0 saturated heterocycles. The van der Waals surface area contributed by atoms with Gasteiger partial charge in [0.15, 0.2) is 0 Å². The lowest BCUT2D eigenvalue weighted by atomic mass is 9.91. The Balaban J connectivity index is 2.47. The van der Waals surface area contributed by atoms with Gasteiger partial charge >= 0.3 is 0 Å². The first-order valence-electron chi connectivity index (χ1n) is 7.18. The molecule has 0 radical (unpaired) electrons. The molecule has 0 aliphatic heterocycles. The average Bonchev–Trinajstić information content (AvgIpc) is 2.42. The van der Waals surface area contributed by atoms with Crippen molar-refractivity contribution >= 4 is 11.6 Å². The van der Waals surface area contributed by atoms with Crippen LogP contribution in [0.4, 0.5) is 0 Å². The van der Waals surface area contributed by atoms with E-state index in [9.17, 15) is 0 Å². The van der Waals surface area contributed by atoms with Gasteiger partial charge in [-0.15, -0.1) is 0 Å². The van der Waals surface area contributed by atoms with Gasteiger partial charge in [0.2, 0.25) is 0 Å². The van der Waals surface area contributed by atoms with Gasteiger partial charge < -0.3 is 5.32 Å². The van der Waals surface area contributed by atoms with Gasteiger partial charge in [-0.3, -0.25) is 0 Å². The molecule has 20 heavy (non-hydrogen) atoms. The Bertz CT molecular complexity index is 557. The van der Waals surface area contributed by atoms with Gasteiger partial charge in [0.05, 0.1) is 6.04 Å². The second-order valence-electron chi connectivity index (χ2n) is 5.25. The maximum Gasteiger partial charge on any atom is 0.0582 e. The Morgan fingerprint density at radius 2 is 1.70 bits per heavy atom. The van der Waals surface area contributed by atoms with Crippen molar-refractivity contribution < 1.29 is 0 Å². The molecule has 0 saturated carbocycles. The highest BCUT2D eigenvalue weighted by Crippen LogP contribution is 2.29. The summed E-state index contributed by atoms with van der Waals surface area (Å²) in [5.41, 5.74) is 5.23. The lowest BCUT2D eigenvalue weighted by Gasteiger charge is -2.23. The molecule has 1 nitrogen and oxygen atoms in total. The summed E-state index contributed by atoms with van der Waals surface area (Å²) in [5, 5.41) is 4.44. The number of hydrogen-bond donors (Lipinski definition) is 1. The molecule has 106 valence electrons. The van der Waals surface area contributed by atoms with E-state index in [0.717, 1.165) is 18.0 Å². The van der Waals surface area contributed by atoms with Crippen LogP contribution in [0.25, 0.3) is 0 Å². The topological polar surface area (TPSA) is 12.0 Å². The SMILES string of the molecule is CCCNC(c1cccc(Cl)c1)c1c(C)cccc1C. The van der Waals surface area contributed by atoms with E-state index in [1.54, 1.807) is 0 Å². The molecule has 2 aromatic carbocycles. The van der Waals surface area contributed by atoms with E-state index in [-0.39, 0.29) is 6.04 Å². The summed E-state index contributed by atoms with van der Waals surface area (Å²) in [5.74, 6) is 0. The zero-order chi connectivity index (χ0) is 14.5. The normalized spacial score (nSPS) is 12.4. The Labute approximate surface area is 127 Å². The van der Waals surface area contributed by atoms with Crippen LogP contribution >= 0.6 is 11.6 Å². The van der Waals surface area contributed by atoms with Crippen LogP contribution in [0, 0.1) is 13.8 Å². The zero-order valence-corrected chi connectivity index (χ0v) is 13.2. The van der Waals surface area contributed by atoms with E-state index in [0.29, 0.717) is 0 Å². The standard InChI is InChI=1S/C18H22ClN/c1-4-11-20-18(15-9-6-10-16(19)12-15)17-13(2)7-5-8-14(17)3/h5-10,12,18,20H,4,11H2,1-3H3. The predicted octanol–water partition coefficient (Wildman–Crippen LogP) is 5.05. The van der Waals surface area contributed by atoms with Crippen LogP contribution in [0.1, 0.15) is 41.6 Å². The number of halogens is 1. The molecular formula is C18H22ClN. The Morgan fingerprint density at radius 1 is 1.05 bits per heavy atom. The summed E-state index contributed by atoms with van der Waals surface area (Å²) in [7, 11) is 0. The summed E-state index contributed by atoms with van der Waals surface area (Å²) in [6.45, 7) is 7.53. The molecule has 0 heterocycles. The van der Waals surface area contributed by atoms with E-state index in [1.165, 1.54) is 22.3 Å². The van der Waals surface area contributed by atoms with Crippen LogP contribution in [0.3, 0.4) is 0 Å². The fourth-order valence-corrected chi connectivity index (χ4v) is 2.84. The van der Waals surface area contributed by atoms with Crippen LogP contribution < -0.4 is 5.32 Å². The molecule has 0 amide bonds. The van der Waals surface area contributed by atoms with Gasteiger partial charge in [-0.2, -0.15) is 0 Å². The Hall–Kier alpha value is -1.31. The van der Waals surface area contributed by atoms with Gasteiger partial charge in [0.25, 0.3) is 0 Å². The fraction of sp³-hybridized carbons (Fsp3) is 0.333. The van der Waals surface area contributed by atoms with Crippen LogP contribution in [-0.2, 0) is 0 Å². The highest BCUT2D eigenvalue weighted by atomic mass is 35.5. The lowest BCUT2D eigenvalue weighted by Crippen LogP contribution is -2.24. The highest BCUT2D eigenvalue weighted by Gasteiger charge is 2.17. The summed E-state index contributed by atoms with van der Waals surface area (Å²) in [6.07, 6.45) is 1.11. The van der Waals surface area contributed by atoms with Crippen LogP contribution in [-0.4, -0.2) is 6.54 Å². The maximum absolute atomic E-state index is 6.16. The first-order valence-corrected chi connectivity index (χ1v) is 7.56. The van der Waals surface area contributed by atoms with Crippen molar-refractivity contribution in [3.05, 3.63) is 69.7 Å². The Kier molecular flexibility index (Phi) is 5.22. The predicted molar refractivity (Wildman–Crippen MR) is 87.5 cm³/mol. The monoisotopic (exact) mass is 287 g/mol. The third-order valence-corrected chi connectivity index (χ3v) is 3.85. The van der Waals surface area contributed by atoms with Crippen molar-refractivity contribution in [3.63, 3.8) is 0 Å². The quantitative estimate of drug-likeness (QED) is 0.812. The van der Waals surface area contributed by atoms with Gasteiger partial charge in [-0.1, -0.05) is 48.9 Å². The smallest absolute Gasteiger partial charge is 0.0582 e. The molecule has 0 aliphatic rings. The third kappa shape index (κ3) is 3.41. The fourth-order valence-electron chi connectivity index (χ4n) is 2.64. The molecule has 0 aromatic heterocycles. The minimum atomic E-state index is 0.204. The average molecular weight is 288 g/mol. The second kappa shape index (κ2) is 6.92. The number of hydrogen-bond acceptors (Lipinski definition) is 1. The largest absolute Gasteiger partial charge is 0.306 e. The van der Waals surface area contributed by atoms with Crippen molar-refractivity contribution in [2.45, 2.75) is 33.2 Å². The highest BCUT2D eigenvalue weighted by molar-refractivity contribution is 6.30. The molecule has 2 rings (SSSR count). The number of aryl methyl sites for hydroxylation is 2. The van der Waals surface area contributed by atoms with E-state index in [4.69, 9.17) is 11.6 Å². The number of rotatable bonds is 5. The van der Waals surface area contributed by atoms with Gasteiger partial charge in [0, 0.05) is 5.02 Å². The Morgan fingerprint density at radius 3 is 2.30 bits per heavy atom. The molecule has 0 fully saturated rings. The van der Waals surface area contributed by atoms with Crippen LogP contribution in [0.5, 0.6) is 0 Å². The van der Waals surface area contributed by atoms with Crippen LogP contribution in [0.15, 0.2) is 42.5 Å². The van der Waals surface area contributed by atoms with Crippen molar-refractivity contribution in [2.75, 3.05) is 6.54 Å². The van der Waals surface area contributed by atoms with Crippen molar-refractivity contribution in [1.29, 1.82) is 0 Å². The van der Waals surface area contributed by atoms with Crippen molar-refractivity contribution in [1.82, 2.24) is 5.32 Å². The summed E-state index contributed by atoms with van der Waals surface area (Å²) >= 11 is 6.16. The molecule has 2 heteroatoms. The number of nitrogens with one attached hydrogen (secondary N) is 1. The van der Waals surface area contributed by atoms with Gasteiger partial charge in [0.1, 0.15) is 0 Å². The third-order valence-electron chi connectivity index (χ3n) is 3.61. The van der Waals surface area contributed by atoms with E-state index < -0.39 is 0 Å². The van der Waals surface area contributed by atoms with Gasteiger partial charge in [-0.25, -0.2) is 0 Å². The van der Waals surface area contributed by atoms with Crippen molar-refractivity contribution in [2.24, 2.45) is 0 Å². The zero-order valence-electron chi connectivity index (χ0n) is 12.4. The molecule has 2 aromatic rings. The van der Waals surface area contributed by atoms with Crippen LogP contribution in [0.2, 0.25) is 5.02 Å². The first kappa shape index (κ1) is 15.1. The van der Waals surface area contributed by atoms with E-state index >= 15 is 0 Å².